The van der Waals surface area contributed by atoms with E-state index in [2.05, 4.69) is 5.32 Å². The van der Waals surface area contributed by atoms with Crippen molar-refractivity contribution >= 4 is 12.0 Å². The quantitative estimate of drug-likeness (QED) is 0.833. The van der Waals surface area contributed by atoms with E-state index in [4.69, 9.17) is 4.74 Å². The van der Waals surface area contributed by atoms with Crippen LogP contribution in [0.5, 0.6) is 0 Å². The van der Waals surface area contributed by atoms with E-state index in [1.807, 2.05) is 13.8 Å². The van der Waals surface area contributed by atoms with Crippen molar-refractivity contribution in [3.63, 3.8) is 0 Å². The predicted octanol–water partition coefficient (Wildman–Crippen LogP) is 2.08. The number of nitrogens with one attached hydrogen (secondary N) is 1. The maximum atomic E-state index is 12.6. The summed E-state index contributed by atoms with van der Waals surface area (Å²) in [4.78, 5) is 25.7. The molecule has 1 aliphatic rings. The van der Waals surface area contributed by atoms with Gasteiger partial charge in [0.05, 0.1) is 29.7 Å². The second-order valence-corrected chi connectivity index (χ2v) is 6.84. The Labute approximate surface area is 126 Å². The standard InChI is InChI=1S/C15H28N2O4/c1-7-11-9-21-10(2)8-17(11)13(20)16-15(5,6)14(3,4)12(18)19/h10-11H,7-9H2,1-6H3,(H,16,20)(H,18,19). The van der Waals surface area contributed by atoms with E-state index in [1.54, 1.807) is 32.6 Å². The molecular formula is C15H28N2O4. The van der Waals surface area contributed by atoms with Crippen molar-refractivity contribution in [2.75, 3.05) is 13.2 Å². The summed E-state index contributed by atoms with van der Waals surface area (Å²) in [7, 11) is 0. The minimum Gasteiger partial charge on any atom is -0.481 e. The zero-order valence-electron chi connectivity index (χ0n) is 13.9. The number of aliphatic carboxylic acids is 1. The summed E-state index contributed by atoms with van der Waals surface area (Å²) in [6, 6.07) is -0.193. The number of rotatable bonds is 4. The van der Waals surface area contributed by atoms with Crippen LogP contribution in [0.4, 0.5) is 4.79 Å². The molecule has 1 aliphatic heterocycles. The number of carboxylic acids is 1. The van der Waals surface area contributed by atoms with E-state index in [1.165, 1.54) is 0 Å². The normalized spacial score (nSPS) is 23.8. The third-order valence-electron chi connectivity index (χ3n) is 4.72. The molecule has 1 rings (SSSR count). The zero-order valence-corrected chi connectivity index (χ0v) is 13.9. The summed E-state index contributed by atoms with van der Waals surface area (Å²) < 4.78 is 5.58. The lowest BCUT2D eigenvalue weighted by molar-refractivity contribution is -0.150. The summed E-state index contributed by atoms with van der Waals surface area (Å²) in [6.45, 7) is 11.7. The van der Waals surface area contributed by atoms with Crippen molar-refractivity contribution in [2.24, 2.45) is 5.41 Å². The van der Waals surface area contributed by atoms with E-state index in [9.17, 15) is 14.7 Å². The first-order valence-corrected chi connectivity index (χ1v) is 7.46. The second kappa shape index (κ2) is 6.22. The number of morpholine rings is 1. The van der Waals surface area contributed by atoms with Crippen LogP contribution >= 0.6 is 0 Å². The van der Waals surface area contributed by atoms with Gasteiger partial charge in [0.15, 0.2) is 0 Å². The van der Waals surface area contributed by atoms with Crippen molar-refractivity contribution in [1.82, 2.24) is 10.2 Å². The van der Waals surface area contributed by atoms with Crippen LogP contribution in [0.1, 0.15) is 48.0 Å². The Kier molecular flexibility index (Phi) is 5.25. The highest BCUT2D eigenvalue weighted by Crippen LogP contribution is 2.31. The molecule has 0 aliphatic carbocycles. The van der Waals surface area contributed by atoms with Gasteiger partial charge in [0.25, 0.3) is 0 Å². The molecule has 0 aromatic heterocycles. The molecule has 122 valence electrons. The van der Waals surface area contributed by atoms with Gasteiger partial charge in [0, 0.05) is 6.54 Å². The van der Waals surface area contributed by atoms with Crippen LogP contribution in [0, 0.1) is 5.41 Å². The second-order valence-electron chi connectivity index (χ2n) is 6.84. The summed E-state index contributed by atoms with van der Waals surface area (Å²) in [6.07, 6.45) is 0.803. The molecule has 6 heteroatoms. The highest BCUT2D eigenvalue weighted by atomic mass is 16.5. The van der Waals surface area contributed by atoms with Gasteiger partial charge in [-0.05, 0) is 41.0 Å². The van der Waals surface area contributed by atoms with Gasteiger partial charge in [-0.1, -0.05) is 6.92 Å². The van der Waals surface area contributed by atoms with Crippen molar-refractivity contribution in [2.45, 2.75) is 65.6 Å². The first-order chi connectivity index (χ1) is 9.52. The van der Waals surface area contributed by atoms with E-state index >= 15 is 0 Å². The van der Waals surface area contributed by atoms with Crippen LogP contribution < -0.4 is 5.32 Å². The fourth-order valence-electron chi connectivity index (χ4n) is 2.19. The van der Waals surface area contributed by atoms with E-state index in [-0.39, 0.29) is 18.2 Å². The van der Waals surface area contributed by atoms with Gasteiger partial charge in [0.2, 0.25) is 0 Å². The molecule has 0 aromatic rings. The lowest BCUT2D eigenvalue weighted by Crippen LogP contribution is -2.62. The first kappa shape index (κ1) is 17.8. The van der Waals surface area contributed by atoms with Crippen molar-refractivity contribution in [3.8, 4) is 0 Å². The average Bonchev–Trinajstić information content (AvgIpc) is 2.37. The molecule has 1 fully saturated rings. The SMILES string of the molecule is CCC1COC(C)CN1C(=O)NC(C)(C)C(C)(C)C(=O)O. The molecule has 0 bridgehead atoms. The Morgan fingerprint density at radius 3 is 2.38 bits per heavy atom. The molecule has 1 saturated heterocycles. The first-order valence-electron chi connectivity index (χ1n) is 7.46. The molecule has 1 heterocycles. The Morgan fingerprint density at radius 2 is 1.90 bits per heavy atom. The smallest absolute Gasteiger partial charge is 0.318 e. The average molecular weight is 300 g/mol. The Hall–Kier alpha value is -1.30. The van der Waals surface area contributed by atoms with Gasteiger partial charge in [-0.3, -0.25) is 4.79 Å². The van der Waals surface area contributed by atoms with E-state index in [0.29, 0.717) is 13.2 Å². The number of hydrogen-bond donors (Lipinski definition) is 2. The third-order valence-corrected chi connectivity index (χ3v) is 4.72. The maximum absolute atomic E-state index is 12.6. The Bertz CT molecular complexity index is 406. The van der Waals surface area contributed by atoms with Gasteiger partial charge in [-0.2, -0.15) is 0 Å². The molecular weight excluding hydrogens is 272 g/mol. The molecule has 21 heavy (non-hydrogen) atoms. The molecule has 6 nitrogen and oxygen atoms in total. The molecule has 0 aromatic carbocycles. The minimum absolute atomic E-state index is 0.00542. The van der Waals surface area contributed by atoms with Crippen molar-refractivity contribution in [1.29, 1.82) is 0 Å². The number of carboxylic acid groups (broad SMARTS) is 1. The van der Waals surface area contributed by atoms with Crippen LogP contribution in [-0.2, 0) is 9.53 Å². The fraction of sp³-hybridized carbons (Fsp3) is 0.867. The van der Waals surface area contributed by atoms with Crippen LogP contribution in [0.25, 0.3) is 0 Å². The molecule has 2 atom stereocenters. The Balaban J connectivity index is 2.85. The van der Waals surface area contributed by atoms with Crippen molar-refractivity contribution in [3.05, 3.63) is 0 Å². The van der Waals surface area contributed by atoms with Gasteiger partial charge >= 0.3 is 12.0 Å². The zero-order chi connectivity index (χ0) is 16.4. The predicted molar refractivity (Wildman–Crippen MR) is 80.2 cm³/mol. The number of carbonyl (C=O) groups is 2. The number of carbonyl (C=O) groups excluding carboxylic acids is 1. The van der Waals surface area contributed by atoms with E-state index in [0.717, 1.165) is 6.42 Å². The van der Waals surface area contributed by atoms with Gasteiger partial charge in [-0.25, -0.2) is 4.79 Å². The van der Waals surface area contributed by atoms with E-state index < -0.39 is 16.9 Å². The molecule has 2 N–H and O–H groups in total. The Morgan fingerprint density at radius 1 is 1.33 bits per heavy atom. The maximum Gasteiger partial charge on any atom is 0.318 e. The molecule has 2 unspecified atom stereocenters. The topological polar surface area (TPSA) is 78.9 Å². The third kappa shape index (κ3) is 3.67. The summed E-state index contributed by atoms with van der Waals surface area (Å²) >= 11 is 0. The lowest BCUT2D eigenvalue weighted by Gasteiger charge is -2.43. The molecule has 2 amide bonds. The summed E-state index contributed by atoms with van der Waals surface area (Å²) in [5, 5.41) is 12.2. The fourth-order valence-corrected chi connectivity index (χ4v) is 2.19. The highest BCUT2D eigenvalue weighted by molar-refractivity contribution is 5.80. The minimum atomic E-state index is -1.07. The monoisotopic (exact) mass is 300 g/mol. The van der Waals surface area contributed by atoms with Crippen molar-refractivity contribution < 1.29 is 19.4 Å². The van der Waals surface area contributed by atoms with Gasteiger partial charge in [-0.15, -0.1) is 0 Å². The number of amides is 2. The summed E-state index contributed by atoms with van der Waals surface area (Å²) in [5.41, 5.74) is -1.93. The molecule has 0 saturated carbocycles. The highest BCUT2D eigenvalue weighted by Gasteiger charge is 2.45. The molecule has 0 radical (unpaired) electrons. The van der Waals surface area contributed by atoms with Crippen LogP contribution in [0.3, 0.4) is 0 Å². The van der Waals surface area contributed by atoms with Gasteiger partial charge < -0.3 is 20.1 Å². The molecule has 0 spiro atoms. The lowest BCUT2D eigenvalue weighted by atomic mass is 9.74. The summed E-state index contributed by atoms with van der Waals surface area (Å²) in [5.74, 6) is -0.935. The van der Waals surface area contributed by atoms with Gasteiger partial charge in [0.1, 0.15) is 0 Å². The number of hydrogen-bond acceptors (Lipinski definition) is 3. The number of urea groups is 1. The number of ether oxygens (including phenoxy) is 1. The largest absolute Gasteiger partial charge is 0.481 e. The van der Waals surface area contributed by atoms with Crippen LogP contribution in [0.2, 0.25) is 0 Å². The van der Waals surface area contributed by atoms with Crippen LogP contribution in [0.15, 0.2) is 0 Å². The van der Waals surface area contributed by atoms with Crippen LogP contribution in [-0.4, -0.2) is 52.8 Å². The number of nitrogens with zero attached hydrogens (tertiary/aromatic N) is 1.